The summed E-state index contributed by atoms with van der Waals surface area (Å²) < 4.78 is 0. The number of halogens is 2. The number of rotatable bonds is 1. The van der Waals surface area contributed by atoms with Crippen molar-refractivity contribution < 1.29 is 0 Å². The summed E-state index contributed by atoms with van der Waals surface area (Å²) in [6.45, 7) is 0. The number of hydrogen-bond donors (Lipinski definition) is 0. The number of hydrogen-bond acceptors (Lipinski definition) is 2. The maximum absolute atomic E-state index is 4.89. The maximum atomic E-state index is 4.89. The molecule has 12 heavy (non-hydrogen) atoms. The summed E-state index contributed by atoms with van der Waals surface area (Å²) in [5, 5.41) is 0. The summed E-state index contributed by atoms with van der Waals surface area (Å²) in [5.74, 6) is 0. The van der Waals surface area contributed by atoms with E-state index in [4.69, 9.17) is 20.0 Å². The van der Waals surface area contributed by atoms with Crippen LogP contribution in [0.2, 0.25) is 0 Å². The van der Waals surface area contributed by atoms with Crippen LogP contribution in [0.15, 0.2) is 24.5 Å². The zero-order valence-electron chi connectivity index (χ0n) is 6.96. The van der Waals surface area contributed by atoms with Gasteiger partial charge in [-0.1, -0.05) is 0 Å². The average Bonchev–Trinajstić information content (AvgIpc) is 2.07. The minimum atomic E-state index is -0.556. The van der Waals surface area contributed by atoms with Crippen molar-refractivity contribution in [1.29, 1.82) is 0 Å². The van der Waals surface area contributed by atoms with Crippen molar-refractivity contribution in [2.24, 2.45) is 0 Å². The van der Waals surface area contributed by atoms with E-state index >= 15 is 0 Å². The van der Waals surface area contributed by atoms with Gasteiger partial charge >= 0.3 is 33.6 Å². The molecule has 0 amide bonds. The van der Waals surface area contributed by atoms with E-state index in [9.17, 15) is 0 Å². The van der Waals surface area contributed by atoms with E-state index in [0.29, 0.717) is 0 Å². The van der Waals surface area contributed by atoms with Gasteiger partial charge in [0.05, 0.1) is 0 Å². The fourth-order valence-corrected chi connectivity index (χ4v) is 0.642. The molecule has 0 saturated carbocycles. The number of aromatic nitrogens is 1. The Morgan fingerprint density at radius 2 is 1.67 bits per heavy atom. The van der Waals surface area contributed by atoms with Crippen LogP contribution < -0.4 is 4.90 Å². The first-order valence-electron chi connectivity index (χ1n) is 3.26. The van der Waals surface area contributed by atoms with E-state index < -0.39 is 13.6 Å². The van der Waals surface area contributed by atoms with Crippen molar-refractivity contribution in [2.75, 3.05) is 19.0 Å². The first-order chi connectivity index (χ1) is 5.72. The molecule has 0 N–H and O–H groups in total. The molecular weight excluding hydrogens is 256 g/mol. The van der Waals surface area contributed by atoms with E-state index in [1.165, 1.54) is 5.69 Å². The van der Waals surface area contributed by atoms with E-state index in [-0.39, 0.29) is 0 Å². The molecule has 5 heteroatoms. The first kappa shape index (κ1) is 12.1. The Morgan fingerprint density at radius 1 is 1.25 bits per heavy atom. The molecule has 2 nitrogen and oxygen atoms in total. The third-order valence-electron chi connectivity index (χ3n) is 1.18. The van der Waals surface area contributed by atoms with Crippen LogP contribution in [-0.4, -0.2) is 32.7 Å². The Bertz CT molecular complexity index is 194. The number of anilines is 1. The third kappa shape index (κ3) is 5.69. The van der Waals surface area contributed by atoms with Crippen molar-refractivity contribution >= 4 is 39.3 Å². The summed E-state index contributed by atoms with van der Waals surface area (Å²) in [6.07, 6.45) is 3.57. The summed E-state index contributed by atoms with van der Waals surface area (Å²) in [5.41, 5.74) is 1.19. The first-order valence-corrected chi connectivity index (χ1v) is 8.77. The van der Waals surface area contributed by atoms with Crippen LogP contribution in [0.3, 0.4) is 0 Å². The molecule has 0 unspecified atom stereocenters. The Hall–Kier alpha value is 0.0729. The van der Waals surface area contributed by atoms with Crippen LogP contribution in [0.25, 0.3) is 0 Å². The summed E-state index contributed by atoms with van der Waals surface area (Å²) in [7, 11) is 13.8. The van der Waals surface area contributed by atoms with Gasteiger partial charge in [0.15, 0.2) is 0 Å². The number of pyridine rings is 1. The van der Waals surface area contributed by atoms with Gasteiger partial charge in [-0.15, -0.1) is 0 Å². The van der Waals surface area contributed by atoms with Crippen LogP contribution >= 0.6 is 20.0 Å². The minimum absolute atomic E-state index is 0.556. The van der Waals surface area contributed by atoms with E-state index in [0.717, 1.165) is 0 Å². The zero-order chi connectivity index (χ0) is 9.40. The Balaban J connectivity index is 0.000000354. The molecule has 0 bridgehead atoms. The monoisotopic (exact) mass is 266 g/mol. The average molecular weight is 266 g/mol. The normalized spacial score (nSPS) is 8.33. The van der Waals surface area contributed by atoms with E-state index in [2.05, 4.69) is 4.98 Å². The molecule has 0 fully saturated rings. The predicted molar refractivity (Wildman–Crippen MR) is 56.0 cm³/mol. The van der Waals surface area contributed by atoms with Gasteiger partial charge < -0.3 is 4.90 Å². The second kappa shape index (κ2) is 7.71. The molecule has 0 aliphatic heterocycles. The molecule has 1 aromatic heterocycles. The van der Waals surface area contributed by atoms with Gasteiger partial charge in [0.25, 0.3) is 0 Å². The molecular formula is C7H10Cl2GeN2. The van der Waals surface area contributed by atoms with Crippen molar-refractivity contribution in [3.8, 4) is 0 Å². The van der Waals surface area contributed by atoms with Crippen molar-refractivity contribution in [3.63, 3.8) is 0 Å². The summed E-state index contributed by atoms with van der Waals surface area (Å²) >= 11 is -0.556. The van der Waals surface area contributed by atoms with Crippen LogP contribution in [0.4, 0.5) is 5.69 Å². The van der Waals surface area contributed by atoms with Crippen molar-refractivity contribution in [2.45, 2.75) is 0 Å². The van der Waals surface area contributed by atoms with Crippen LogP contribution in [0, 0.1) is 0 Å². The van der Waals surface area contributed by atoms with Crippen LogP contribution in [0.5, 0.6) is 0 Å². The number of nitrogens with zero attached hydrogens (tertiary/aromatic N) is 2. The molecule has 0 saturated heterocycles. The second-order valence-electron chi connectivity index (χ2n) is 2.17. The van der Waals surface area contributed by atoms with Gasteiger partial charge in [-0.25, -0.2) is 0 Å². The molecule has 0 aliphatic rings. The topological polar surface area (TPSA) is 16.1 Å². The zero-order valence-corrected chi connectivity index (χ0v) is 10.6. The SMILES string of the molecule is CN(C)c1ccncc1.[Cl][Ge][Cl]. The third-order valence-corrected chi connectivity index (χ3v) is 1.18. The fraction of sp³-hybridized carbons (Fsp3) is 0.286. The summed E-state index contributed by atoms with van der Waals surface area (Å²) in [4.78, 5) is 5.94. The van der Waals surface area contributed by atoms with Gasteiger partial charge in [-0.05, 0) is 12.1 Å². The predicted octanol–water partition coefficient (Wildman–Crippen LogP) is 2.15. The van der Waals surface area contributed by atoms with Gasteiger partial charge in [0, 0.05) is 32.2 Å². The van der Waals surface area contributed by atoms with Crippen molar-refractivity contribution in [1.82, 2.24) is 4.98 Å². The van der Waals surface area contributed by atoms with Gasteiger partial charge in [0.1, 0.15) is 0 Å². The van der Waals surface area contributed by atoms with Crippen LogP contribution in [-0.2, 0) is 0 Å². The standard InChI is InChI=1S/C7H10N2.Cl2Ge/c1-9(2)7-3-5-8-6-4-7;1-3-2/h3-6H,1-2H3;. The van der Waals surface area contributed by atoms with Gasteiger partial charge in [-0.2, -0.15) is 0 Å². The summed E-state index contributed by atoms with van der Waals surface area (Å²) in [6, 6.07) is 3.94. The Morgan fingerprint density at radius 3 is 1.92 bits per heavy atom. The molecule has 1 rings (SSSR count). The molecule has 66 valence electrons. The fourth-order valence-electron chi connectivity index (χ4n) is 0.642. The molecule has 0 aliphatic carbocycles. The Labute approximate surface area is 87.7 Å². The molecule has 0 spiro atoms. The van der Waals surface area contributed by atoms with Gasteiger partial charge in [0.2, 0.25) is 0 Å². The molecule has 1 heterocycles. The Kier molecular flexibility index (Phi) is 7.75. The molecule has 2 radical (unpaired) electrons. The van der Waals surface area contributed by atoms with E-state index in [1.807, 2.05) is 31.1 Å². The second-order valence-corrected chi connectivity index (χ2v) is 5.44. The van der Waals surface area contributed by atoms with Crippen LogP contribution in [0.1, 0.15) is 0 Å². The quantitative estimate of drug-likeness (QED) is 0.724. The molecule has 0 atom stereocenters. The van der Waals surface area contributed by atoms with Crippen molar-refractivity contribution in [3.05, 3.63) is 24.5 Å². The van der Waals surface area contributed by atoms with E-state index in [1.54, 1.807) is 12.4 Å². The molecule has 0 aromatic carbocycles. The molecule has 1 aromatic rings. The van der Waals surface area contributed by atoms with Gasteiger partial charge in [-0.3, -0.25) is 4.98 Å².